The van der Waals surface area contributed by atoms with Crippen LogP contribution in [0.3, 0.4) is 0 Å². The van der Waals surface area contributed by atoms with Gasteiger partial charge in [0.05, 0.1) is 6.42 Å². The molecule has 0 spiro atoms. The number of halogens is 1. The van der Waals surface area contributed by atoms with Crippen molar-refractivity contribution in [3.05, 3.63) is 49.9 Å². The van der Waals surface area contributed by atoms with Crippen LogP contribution in [0.1, 0.15) is 40.1 Å². The average Bonchev–Trinajstić information content (AvgIpc) is 3.26. The van der Waals surface area contributed by atoms with Crippen molar-refractivity contribution in [2.75, 3.05) is 13.1 Å². The van der Waals surface area contributed by atoms with Crippen molar-refractivity contribution in [3.8, 4) is 0 Å². The molecule has 26 heavy (non-hydrogen) atoms. The van der Waals surface area contributed by atoms with Gasteiger partial charge in [-0.15, -0.1) is 22.7 Å². The summed E-state index contributed by atoms with van der Waals surface area (Å²) in [6.45, 7) is 5.28. The molecule has 0 aliphatic carbocycles. The van der Waals surface area contributed by atoms with Gasteiger partial charge < -0.3 is 5.11 Å². The Labute approximate surface area is 161 Å². The van der Waals surface area contributed by atoms with Crippen LogP contribution in [0.5, 0.6) is 0 Å². The Morgan fingerprint density at radius 3 is 2.38 bits per heavy atom. The summed E-state index contributed by atoms with van der Waals surface area (Å²) in [6.07, 6.45) is 2.46. The Bertz CT molecular complexity index is 753. The van der Waals surface area contributed by atoms with E-state index in [1.54, 1.807) is 22.7 Å². The SMILES string of the molecule is Cc1ccsc1C(=CCCN1C[C@H](F)C[C@@H]1CC(=O)O)c1sccc1C. The summed E-state index contributed by atoms with van der Waals surface area (Å²) in [4.78, 5) is 15.6. The van der Waals surface area contributed by atoms with Gasteiger partial charge in [-0.25, -0.2) is 4.39 Å². The summed E-state index contributed by atoms with van der Waals surface area (Å²) in [5.41, 5.74) is 3.78. The van der Waals surface area contributed by atoms with Crippen molar-refractivity contribution in [2.45, 2.75) is 45.3 Å². The molecule has 0 radical (unpaired) electrons. The second kappa shape index (κ2) is 8.46. The van der Waals surface area contributed by atoms with E-state index in [4.69, 9.17) is 5.11 Å². The summed E-state index contributed by atoms with van der Waals surface area (Å²) >= 11 is 3.49. The van der Waals surface area contributed by atoms with Crippen molar-refractivity contribution in [1.82, 2.24) is 4.90 Å². The van der Waals surface area contributed by atoms with Crippen LogP contribution in [0.25, 0.3) is 5.57 Å². The van der Waals surface area contributed by atoms with Crippen LogP contribution in [-0.4, -0.2) is 41.3 Å². The van der Waals surface area contributed by atoms with Gasteiger partial charge in [-0.1, -0.05) is 6.08 Å². The first-order valence-corrected chi connectivity index (χ1v) is 10.6. The number of rotatable bonds is 7. The first kappa shape index (κ1) is 19.3. The van der Waals surface area contributed by atoms with E-state index in [-0.39, 0.29) is 12.5 Å². The maximum absolute atomic E-state index is 13.8. The van der Waals surface area contributed by atoms with E-state index in [1.807, 2.05) is 4.90 Å². The van der Waals surface area contributed by atoms with Crippen LogP contribution in [0.2, 0.25) is 0 Å². The molecular formula is C20H24FNO2S2. The van der Waals surface area contributed by atoms with Gasteiger partial charge in [-0.3, -0.25) is 9.69 Å². The predicted octanol–water partition coefficient (Wildman–Crippen LogP) is 5.14. The van der Waals surface area contributed by atoms with Crippen LogP contribution in [0.4, 0.5) is 4.39 Å². The molecule has 0 amide bonds. The normalized spacial score (nSPS) is 20.4. The number of aliphatic carboxylic acids is 1. The van der Waals surface area contributed by atoms with Gasteiger partial charge in [0.1, 0.15) is 6.17 Å². The zero-order chi connectivity index (χ0) is 18.7. The van der Waals surface area contributed by atoms with Gasteiger partial charge in [0.2, 0.25) is 0 Å². The molecular weight excluding hydrogens is 369 g/mol. The molecule has 0 aromatic carbocycles. The van der Waals surface area contributed by atoms with E-state index in [0.29, 0.717) is 19.5 Å². The number of carboxylic acid groups (broad SMARTS) is 1. The van der Waals surface area contributed by atoms with Gasteiger partial charge in [0, 0.05) is 34.5 Å². The molecule has 1 saturated heterocycles. The monoisotopic (exact) mass is 393 g/mol. The molecule has 1 aliphatic rings. The van der Waals surface area contributed by atoms with Crippen LogP contribution >= 0.6 is 22.7 Å². The molecule has 2 aromatic heterocycles. The predicted molar refractivity (Wildman–Crippen MR) is 107 cm³/mol. The highest BCUT2D eigenvalue weighted by Crippen LogP contribution is 2.35. The maximum atomic E-state index is 13.8. The third-order valence-electron chi connectivity index (χ3n) is 4.87. The molecule has 1 fully saturated rings. The molecule has 6 heteroatoms. The molecule has 3 nitrogen and oxygen atoms in total. The maximum Gasteiger partial charge on any atom is 0.304 e. The summed E-state index contributed by atoms with van der Waals surface area (Å²) in [6, 6.07) is 4.08. The Morgan fingerprint density at radius 2 is 1.88 bits per heavy atom. The van der Waals surface area contributed by atoms with Gasteiger partial charge in [-0.2, -0.15) is 0 Å². The summed E-state index contributed by atoms with van der Waals surface area (Å²) in [5, 5.41) is 13.3. The van der Waals surface area contributed by atoms with Gasteiger partial charge in [0.15, 0.2) is 0 Å². The fourth-order valence-electron chi connectivity index (χ4n) is 3.57. The minimum atomic E-state index is -0.915. The zero-order valence-corrected chi connectivity index (χ0v) is 16.7. The molecule has 1 aliphatic heterocycles. The number of hydrogen-bond donors (Lipinski definition) is 1. The molecule has 3 heterocycles. The van der Waals surface area contributed by atoms with Crippen LogP contribution in [0.15, 0.2) is 29.0 Å². The van der Waals surface area contributed by atoms with Crippen LogP contribution in [-0.2, 0) is 4.79 Å². The largest absolute Gasteiger partial charge is 0.481 e. The van der Waals surface area contributed by atoms with Crippen molar-refractivity contribution in [3.63, 3.8) is 0 Å². The standard InChI is InChI=1S/C20H24FNO2S2/c1-13-5-8-25-19(13)17(20-14(2)6-9-26-20)4-3-7-22-12-15(21)10-16(22)11-18(23)24/h4-6,8-9,15-16H,3,7,10-12H2,1-2H3,(H,23,24)/t15-,16-/m1/s1. The number of carbonyl (C=O) groups is 1. The Kier molecular flexibility index (Phi) is 6.27. The third kappa shape index (κ3) is 4.42. The van der Waals surface area contributed by atoms with E-state index in [1.165, 1.54) is 26.5 Å². The zero-order valence-electron chi connectivity index (χ0n) is 15.1. The highest BCUT2D eigenvalue weighted by Gasteiger charge is 2.32. The lowest BCUT2D eigenvalue weighted by atomic mass is 10.1. The lowest BCUT2D eigenvalue weighted by Crippen LogP contribution is -2.32. The average molecular weight is 394 g/mol. The minimum Gasteiger partial charge on any atom is -0.481 e. The second-order valence-corrected chi connectivity index (χ2v) is 8.68. The molecule has 0 saturated carbocycles. The number of carboxylic acids is 1. The van der Waals surface area contributed by atoms with E-state index in [9.17, 15) is 9.18 Å². The van der Waals surface area contributed by atoms with Gasteiger partial charge >= 0.3 is 5.97 Å². The van der Waals surface area contributed by atoms with Crippen molar-refractivity contribution >= 4 is 34.2 Å². The van der Waals surface area contributed by atoms with Crippen molar-refractivity contribution < 1.29 is 14.3 Å². The highest BCUT2D eigenvalue weighted by molar-refractivity contribution is 7.14. The van der Waals surface area contributed by atoms with Crippen LogP contribution in [0, 0.1) is 13.8 Å². The molecule has 1 N–H and O–H groups in total. The van der Waals surface area contributed by atoms with E-state index in [2.05, 4.69) is 42.8 Å². The molecule has 140 valence electrons. The second-order valence-electron chi connectivity index (χ2n) is 6.85. The van der Waals surface area contributed by atoms with E-state index in [0.717, 1.165) is 6.42 Å². The third-order valence-corrected chi connectivity index (χ3v) is 6.96. The van der Waals surface area contributed by atoms with E-state index >= 15 is 0 Å². The molecule has 0 bridgehead atoms. The Balaban J connectivity index is 1.76. The quantitative estimate of drug-likeness (QED) is 0.708. The molecule has 2 atom stereocenters. The summed E-state index contributed by atoms with van der Waals surface area (Å²) < 4.78 is 13.8. The summed E-state index contributed by atoms with van der Waals surface area (Å²) in [5.74, 6) is -0.853. The lowest BCUT2D eigenvalue weighted by Gasteiger charge is -2.22. The highest BCUT2D eigenvalue weighted by atomic mass is 32.1. The number of likely N-dealkylation sites (tertiary alicyclic amines) is 1. The topological polar surface area (TPSA) is 40.5 Å². The van der Waals surface area contributed by atoms with Gasteiger partial charge in [-0.05, 0) is 60.7 Å². The molecule has 3 rings (SSSR count). The number of aryl methyl sites for hydroxylation is 2. The number of thiophene rings is 2. The lowest BCUT2D eigenvalue weighted by molar-refractivity contribution is -0.138. The van der Waals surface area contributed by atoms with Gasteiger partial charge in [0.25, 0.3) is 0 Å². The van der Waals surface area contributed by atoms with Crippen LogP contribution < -0.4 is 0 Å². The number of hydrogen-bond acceptors (Lipinski definition) is 4. The first-order valence-electron chi connectivity index (χ1n) is 8.84. The number of alkyl halides is 1. The Morgan fingerprint density at radius 1 is 1.27 bits per heavy atom. The molecule has 0 unspecified atom stereocenters. The van der Waals surface area contributed by atoms with E-state index < -0.39 is 12.1 Å². The Hall–Kier alpha value is -1.50. The molecule has 2 aromatic rings. The fourth-order valence-corrected chi connectivity index (χ4v) is 5.58. The fraction of sp³-hybridized carbons (Fsp3) is 0.450. The summed E-state index contributed by atoms with van der Waals surface area (Å²) in [7, 11) is 0. The number of nitrogens with zero attached hydrogens (tertiary/aromatic N) is 1. The van der Waals surface area contributed by atoms with Crippen molar-refractivity contribution in [2.24, 2.45) is 0 Å². The first-order chi connectivity index (χ1) is 12.5. The van der Waals surface area contributed by atoms with Crippen molar-refractivity contribution in [1.29, 1.82) is 0 Å². The minimum absolute atomic E-state index is 0.0189. The smallest absolute Gasteiger partial charge is 0.304 e.